The number of aryl methyl sites for hydroxylation is 1. The monoisotopic (exact) mass is 315 g/mol. The number of ether oxygens (including phenoxy) is 1. The van der Waals surface area contributed by atoms with Crippen LogP contribution in [0.5, 0.6) is 0 Å². The van der Waals surface area contributed by atoms with Crippen molar-refractivity contribution in [3.8, 4) is 0 Å². The summed E-state index contributed by atoms with van der Waals surface area (Å²) in [5, 5.41) is 26.0. The molecule has 2 unspecified atom stereocenters. The highest BCUT2D eigenvalue weighted by Crippen LogP contribution is 2.03. The number of hydrogen-bond donors (Lipinski definition) is 5. The molecule has 0 saturated heterocycles. The molecule has 0 aliphatic carbocycles. The van der Waals surface area contributed by atoms with E-state index < -0.39 is 12.2 Å². The molecule has 6 N–H and O–H groups in total. The molecule has 10 heteroatoms. The van der Waals surface area contributed by atoms with E-state index >= 15 is 0 Å². The quantitative estimate of drug-likeness (QED) is 0.422. The van der Waals surface area contributed by atoms with E-state index in [2.05, 4.69) is 15.0 Å². The van der Waals surface area contributed by atoms with Gasteiger partial charge in [-0.15, -0.1) is 0 Å². The Morgan fingerprint density at radius 3 is 2.73 bits per heavy atom. The summed E-state index contributed by atoms with van der Waals surface area (Å²) in [5.74, 6) is 0.108. The van der Waals surface area contributed by atoms with Crippen LogP contribution >= 0.6 is 0 Å². The molecule has 0 spiro atoms. The van der Waals surface area contributed by atoms with Crippen LogP contribution in [0.4, 0.5) is 5.95 Å². The first-order valence-corrected chi connectivity index (χ1v) is 6.54. The Morgan fingerprint density at radius 1 is 1.50 bits per heavy atom. The SMILES string of the molecule is COC(CO)C(O)CCO.Cn1cnc2c(=O)[nH]c(N)nc21. The van der Waals surface area contributed by atoms with Gasteiger partial charge in [0.05, 0.1) is 19.0 Å². The van der Waals surface area contributed by atoms with Crippen LogP contribution in [-0.4, -0.2) is 67.4 Å². The summed E-state index contributed by atoms with van der Waals surface area (Å²) in [4.78, 5) is 21.3. The van der Waals surface area contributed by atoms with Crippen molar-refractivity contribution in [3.05, 3.63) is 16.7 Å². The second-order valence-electron chi connectivity index (χ2n) is 4.52. The number of fused-ring (bicyclic) bond motifs is 1. The van der Waals surface area contributed by atoms with Gasteiger partial charge in [-0.2, -0.15) is 4.98 Å². The van der Waals surface area contributed by atoms with Crippen molar-refractivity contribution in [1.29, 1.82) is 0 Å². The number of aromatic nitrogens is 4. The third kappa shape index (κ3) is 4.49. The molecule has 10 nitrogen and oxygen atoms in total. The molecule has 2 aromatic heterocycles. The molecule has 2 aromatic rings. The molecule has 0 aliphatic heterocycles. The molecule has 0 fully saturated rings. The summed E-state index contributed by atoms with van der Waals surface area (Å²) in [6.45, 7) is -0.321. The number of nitrogens with one attached hydrogen (secondary N) is 1. The van der Waals surface area contributed by atoms with Gasteiger partial charge in [-0.3, -0.25) is 9.78 Å². The average molecular weight is 315 g/mol. The number of nitrogens with zero attached hydrogens (tertiary/aromatic N) is 3. The molecule has 2 rings (SSSR count). The van der Waals surface area contributed by atoms with Crippen molar-refractivity contribution in [3.63, 3.8) is 0 Å². The number of nitrogen functional groups attached to an aromatic ring is 1. The van der Waals surface area contributed by atoms with Gasteiger partial charge in [-0.05, 0) is 6.42 Å². The zero-order valence-electron chi connectivity index (χ0n) is 12.4. The van der Waals surface area contributed by atoms with Crippen LogP contribution in [0.25, 0.3) is 11.2 Å². The Morgan fingerprint density at radius 2 is 2.18 bits per heavy atom. The number of aliphatic hydroxyl groups is 3. The second-order valence-corrected chi connectivity index (χ2v) is 4.52. The summed E-state index contributed by atoms with van der Waals surface area (Å²) in [6.07, 6.45) is 0.401. The maximum atomic E-state index is 11.2. The van der Waals surface area contributed by atoms with E-state index in [0.29, 0.717) is 11.2 Å². The molecule has 0 saturated carbocycles. The van der Waals surface area contributed by atoms with E-state index in [1.54, 1.807) is 11.6 Å². The highest BCUT2D eigenvalue weighted by atomic mass is 16.5. The highest BCUT2D eigenvalue weighted by Gasteiger charge is 2.16. The van der Waals surface area contributed by atoms with Crippen LogP contribution in [0.1, 0.15) is 6.42 Å². The van der Waals surface area contributed by atoms with E-state index in [1.165, 1.54) is 13.4 Å². The van der Waals surface area contributed by atoms with Gasteiger partial charge in [0, 0.05) is 20.8 Å². The van der Waals surface area contributed by atoms with E-state index in [0.717, 1.165) is 0 Å². The molecular formula is C12H21N5O5. The largest absolute Gasteiger partial charge is 0.396 e. The molecule has 0 bridgehead atoms. The number of H-pyrrole nitrogens is 1. The average Bonchev–Trinajstić information content (AvgIpc) is 2.83. The van der Waals surface area contributed by atoms with Gasteiger partial charge in [0.15, 0.2) is 11.2 Å². The normalized spacial score (nSPS) is 13.5. The lowest BCUT2D eigenvalue weighted by Crippen LogP contribution is -2.32. The van der Waals surface area contributed by atoms with Gasteiger partial charge in [-0.25, -0.2) is 4.98 Å². The van der Waals surface area contributed by atoms with Crippen LogP contribution in [0.15, 0.2) is 11.1 Å². The summed E-state index contributed by atoms with van der Waals surface area (Å²) in [6, 6.07) is 0. The molecule has 0 radical (unpaired) electrons. The lowest BCUT2D eigenvalue weighted by atomic mass is 10.1. The molecule has 2 atom stereocenters. The van der Waals surface area contributed by atoms with E-state index in [-0.39, 0.29) is 31.1 Å². The zero-order chi connectivity index (χ0) is 16.7. The maximum Gasteiger partial charge on any atom is 0.280 e. The minimum Gasteiger partial charge on any atom is -0.396 e. The van der Waals surface area contributed by atoms with E-state index in [1.807, 2.05) is 0 Å². The summed E-state index contributed by atoms with van der Waals surface area (Å²) < 4.78 is 6.34. The van der Waals surface area contributed by atoms with Crippen molar-refractivity contribution in [2.45, 2.75) is 18.6 Å². The van der Waals surface area contributed by atoms with Gasteiger partial charge < -0.3 is 30.4 Å². The molecule has 0 aromatic carbocycles. The van der Waals surface area contributed by atoms with Gasteiger partial charge in [0.2, 0.25) is 5.95 Å². The van der Waals surface area contributed by atoms with Gasteiger partial charge in [0.1, 0.15) is 6.10 Å². The number of rotatable bonds is 5. The smallest absolute Gasteiger partial charge is 0.280 e. The number of methoxy groups -OCH3 is 1. The number of aromatic amines is 1. The first-order chi connectivity index (χ1) is 10.4. The molecule has 0 amide bonds. The van der Waals surface area contributed by atoms with Crippen molar-refractivity contribution in [2.24, 2.45) is 7.05 Å². The Labute approximate surface area is 126 Å². The highest BCUT2D eigenvalue weighted by molar-refractivity contribution is 5.70. The minimum atomic E-state index is -0.778. The van der Waals surface area contributed by atoms with Gasteiger partial charge >= 0.3 is 0 Å². The summed E-state index contributed by atoms with van der Waals surface area (Å²) >= 11 is 0. The third-order valence-electron chi connectivity index (χ3n) is 2.93. The Bertz CT molecular complexity index is 636. The van der Waals surface area contributed by atoms with Crippen LogP contribution in [-0.2, 0) is 11.8 Å². The maximum absolute atomic E-state index is 11.2. The molecule has 2 heterocycles. The predicted octanol–water partition coefficient (Wildman–Crippen LogP) is -2.02. The predicted molar refractivity (Wildman–Crippen MR) is 79.1 cm³/mol. The van der Waals surface area contributed by atoms with Crippen LogP contribution in [0, 0.1) is 0 Å². The van der Waals surface area contributed by atoms with Crippen molar-refractivity contribution in [1.82, 2.24) is 19.5 Å². The lowest BCUT2D eigenvalue weighted by molar-refractivity contribution is -0.0485. The molecule has 124 valence electrons. The minimum absolute atomic E-state index is 0.0962. The lowest BCUT2D eigenvalue weighted by Gasteiger charge is -2.17. The number of hydrogen-bond acceptors (Lipinski definition) is 8. The third-order valence-corrected chi connectivity index (χ3v) is 2.93. The Kier molecular flexibility index (Phi) is 6.92. The topological polar surface area (TPSA) is 160 Å². The van der Waals surface area contributed by atoms with Crippen molar-refractivity contribution >= 4 is 17.1 Å². The van der Waals surface area contributed by atoms with Gasteiger partial charge in [-0.1, -0.05) is 0 Å². The van der Waals surface area contributed by atoms with E-state index in [9.17, 15) is 4.79 Å². The Hall–Kier alpha value is -2.01. The van der Waals surface area contributed by atoms with E-state index in [4.69, 9.17) is 25.8 Å². The summed E-state index contributed by atoms with van der Waals surface area (Å²) in [5.41, 5.74) is 5.85. The van der Waals surface area contributed by atoms with Crippen LogP contribution in [0.3, 0.4) is 0 Å². The summed E-state index contributed by atoms with van der Waals surface area (Å²) in [7, 11) is 3.16. The zero-order valence-corrected chi connectivity index (χ0v) is 12.4. The van der Waals surface area contributed by atoms with Gasteiger partial charge in [0.25, 0.3) is 5.56 Å². The fourth-order valence-corrected chi connectivity index (χ4v) is 1.70. The Balaban J connectivity index is 0.000000225. The standard InChI is InChI=1S/C6H7N5O.C6H14O4/c1-11-2-8-3-4(11)9-6(7)10-5(3)12;1-10-6(4-8)5(9)2-3-7/h2H,1H3,(H3,7,9,10,12);5-9H,2-4H2,1H3. The van der Waals surface area contributed by atoms with Crippen molar-refractivity contribution in [2.75, 3.05) is 26.1 Å². The molecule has 0 aliphatic rings. The fraction of sp³-hybridized carbons (Fsp3) is 0.583. The first kappa shape index (κ1) is 18.0. The number of anilines is 1. The number of aliphatic hydroxyl groups excluding tert-OH is 3. The van der Waals surface area contributed by atoms with Crippen LogP contribution in [0.2, 0.25) is 0 Å². The molecular weight excluding hydrogens is 294 g/mol. The van der Waals surface area contributed by atoms with Crippen molar-refractivity contribution < 1.29 is 20.1 Å². The molecule has 22 heavy (non-hydrogen) atoms. The first-order valence-electron chi connectivity index (χ1n) is 6.54. The fourth-order valence-electron chi connectivity index (χ4n) is 1.70. The number of imidazole rings is 1. The number of nitrogens with two attached hydrogens (primary N) is 1. The second kappa shape index (κ2) is 8.44. The van der Waals surface area contributed by atoms with Crippen LogP contribution < -0.4 is 11.3 Å².